The second-order valence-corrected chi connectivity index (χ2v) is 8.96. The Morgan fingerprint density at radius 2 is 1.82 bits per heavy atom. The van der Waals surface area contributed by atoms with Crippen LogP contribution in [0.3, 0.4) is 0 Å². The summed E-state index contributed by atoms with van der Waals surface area (Å²) < 4.78 is 27.3. The molecule has 0 spiro atoms. The molecule has 2 aromatic carbocycles. The molecule has 6 nitrogen and oxygen atoms in total. The molecule has 0 radical (unpaired) electrons. The van der Waals surface area contributed by atoms with Gasteiger partial charge in [0, 0.05) is 35.8 Å². The van der Waals surface area contributed by atoms with Gasteiger partial charge in [-0.1, -0.05) is 23.7 Å². The first-order valence-corrected chi connectivity index (χ1v) is 10.6. The number of nitrogens with one attached hydrogen (secondary N) is 1. The van der Waals surface area contributed by atoms with E-state index in [1.54, 1.807) is 6.07 Å². The van der Waals surface area contributed by atoms with Crippen molar-refractivity contribution in [2.45, 2.75) is 24.8 Å². The van der Waals surface area contributed by atoms with Crippen LogP contribution in [-0.4, -0.2) is 36.0 Å². The molecular weight excluding hydrogens is 400 g/mol. The molecule has 1 aromatic heterocycles. The second-order valence-electron chi connectivity index (χ2n) is 6.58. The highest BCUT2D eigenvalue weighted by atomic mass is 35.5. The van der Waals surface area contributed by atoms with Gasteiger partial charge in [0.2, 0.25) is 10.0 Å². The fourth-order valence-electron chi connectivity index (χ4n) is 2.95. The van der Waals surface area contributed by atoms with Crippen molar-refractivity contribution in [2.24, 2.45) is 0 Å². The molecule has 0 aliphatic heterocycles. The summed E-state index contributed by atoms with van der Waals surface area (Å²) in [5.74, 6) is 0. The number of aromatic nitrogens is 1. The van der Waals surface area contributed by atoms with E-state index in [0.717, 1.165) is 10.9 Å². The number of nitrogens with zero attached hydrogens (tertiary/aromatic N) is 1. The molecule has 148 valence electrons. The van der Waals surface area contributed by atoms with E-state index in [1.807, 2.05) is 25.1 Å². The third-order valence-corrected chi connectivity index (χ3v) is 6.55. The van der Waals surface area contributed by atoms with Gasteiger partial charge in [0.05, 0.1) is 4.90 Å². The molecule has 0 saturated carbocycles. The van der Waals surface area contributed by atoms with Crippen molar-refractivity contribution in [3.05, 3.63) is 75.0 Å². The summed E-state index contributed by atoms with van der Waals surface area (Å²) in [7, 11) is -3.85. The van der Waals surface area contributed by atoms with Crippen LogP contribution >= 0.6 is 11.6 Å². The number of rotatable bonds is 7. The van der Waals surface area contributed by atoms with Gasteiger partial charge >= 0.3 is 0 Å². The van der Waals surface area contributed by atoms with E-state index in [9.17, 15) is 13.2 Å². The lowest BCUT2D eigenvalue weighted by molar-refractivity contribution is 0.267. The number of benzene rings is 2. The Balaban J connectivity index is 2.00. The van der Waals surface area contributed by atoms with Gasteiger partial charge in [0.1, 0.15) is 0 Å². The summed E-state index contributed by atoms with van der Waals surface area (Å²) in [5.41, 5.74) is 1.73. The maximum Gasteiger partial charge on any atom is 0.252 e. The van der Waals surface area contributed by atoms with Crippen LogP contribution < -0.4 is 5.56 Å². The van der Waals surface area contributed by atoms with E-state index in [2.05, 4.69) is 4.98 Å². The molecule has 28 heavy (non-hydrogen) atoms. The minimum absolute atomic E-state index is 0.0858. The lowest BCUT2D eigenvalue weighted by Crippen LogP contribution is -2.34. The predicted octanol–water partition coefficient (Wildman–Crippen LogP) is 3.06. The van der Waals surface area contributed by atoms with Gasteiger partial charge in [-0.05, 0) is 60.7 Å². The number of hydrogen-bond acceptors (Lipinski definition) is 4. The Bertz CT molecular complexity index is 1140. The molecule has 0 aliphatic rings. The molecule has 0 atom stereocenters. The summed E-state index contributed by atoms with van der Waals surface area (Å²) in [4.78, 5) is 15.4. The zero-order valence-corrected chi connectivity index (χ0v) is 16.9. The number of aryl methyl sites for hydroxylation is 1. The van der Waals surface area contributed by atoms with Crippen molar-refractivity contribution in [1.82, 2.24) is 9.29 Å². The van der Waals surface area contributed by atoms with Crippen LogP contribution in [0.4, 0.5) is 0 Å². The van der Waals surface area contributed by atoms with Gasteiger partial charge in [-0.3, -0.25) is 4.79 Å². The van der Waals surface area contributed by atoms with Crippen molar-refractivity contribution < 1.29 is 13.5 Å². The predicted molar refractivity (Wildman–Crippen MR) is 110 cm³/mol. The fraction of sp³-hybridized carbons (Fsp3) is 0.250. The first kappa shape index (κ1) is 20.5. The van der Waals surface area contributed by atoms with Crippen LogP contribution in [-0.2, 0) is 16.6 Å². The minimum atomic E-state index is -3.85. The Morgan fingerprint density at radius 1 is 1.11 bits per heavy atom. The number of aromatic amines is 1. The Morgan fingerprint density at radius 3 is 2.50 bits per heavy atom. The highest BCUT2D eigenvalue weighted by molar-refractivity contribution is 7.89. The fourth-order valence-corrected chi connectivity index (χ4v) is 4.54. The van der Waals surface area contributed by atoms with E-state index in [0.29, 0.717) is 16.1 Å². The number of H-pyrrole nitrogens is 1. The summed E-state index contributed by atoms with van der Waals surface area (Å²) in [5, 5.41) is 10.4. The molecule has 0 aliphatic carbocycles. The summed E-state index contributed by atoms with van der Waals surface area (Å²) >= 11 is 5.86. The van der Waals surface area contributed by atoms with Crippen molar-refractivity contribution >= 4 is 32.5 Å². The topological polar surface area (TPSA) is 90.5 Å². The van der Waals surface area contributed by atoms with Crippen LogP contribution in [0.25, 0.3) is 10.9 Å². The molecule has 3 rings (SSSR count). The number of aliphatic hydroxyl groups is 1. The van der Waals surface area contributed by atoms with Crippen LogP contribution in [0.2, 0.25) is 5.02 Å². The van der Waals surface area contributed by atoms with Crippen molar-refractivity contribution in [3.8, 4) is 0 Å². The first-order valence-electron chi connectivity index (χ1n) is 8.80. The number of halogens is 1. The molecule has 3 aromatic rings. The first-order chi connectivity index (χ1) is 13.3. The van der Waals surface area contributed by atoms with Gasteiger partial charge in [-0.25, -0.2) is 8.42 Å². The minimum Gasteiger partial charge on any atom is -0.396 e. The molecule has 0 unspecified atom stereocenters. The lowest BCUT2D eigenvalue weighted by Gasteiger charge is -2.22. The lowest BCUT2D eigenvalue weighted by atomic mass is 10.1. The molecule has 0 amide bonds. The highest BCUT2D eigenvalue weighted by Gasteiger charge is 2.25. The SMILES string of the molecule is Cc1ccc2cc(CN(CCCO)S(=O)(=O)c3ccc(Cl)cc3)c(=O)[nH]c2c1. The van der Waals surface area contributed by atoms with Gasteiger partial charge in [0.15, 0.2) is 0 Å². The molecule has 8 heteroatoms. The smallest absolute Gasteiger partial charge is 0.252 e. The highest BCUT2D eigenvalue weighted by Crippen LogP contribution is 2.21. The average Bonchev–Trinajstić information content (AvgIpc) is 2.65. The average molecular weight is 421 g/mol. The largest absolute Gasteiger partial charge is 0.396 e. The van der Waals surface area contributed by atoms with Gasteiger partial charge in [-0.15, -0.1) is 0 Å². The van der Waals surface area contributed by atoms with Crippen molar-refractivity contribution in [2.75, 3.05) is 13.2 Å². The Kier molecular flexibility index (Phi) is 6.20. The van der Waals surface area contributed by atoms with Gasteiger partial charge in [-0.2, -0.15) is 4.31 Å². The summed E-state index contributed by atoms with van der Waals surface area (Å²) in [6.07, 6.45) is 0.261. The molecule has 2 N–H and O–H groups in total. The molecule has 1 heterocycles. The third-order valence-electron chi connectivity index (χ3n) is 4.44. The molecule has 0 bridgehead atoms. The zero-order valence-electron chi connectivity index (χ0n) is 15.4. The number of fused-ring (bicyclic) bond motifs is 1. The number of sulfonamides is 1. The molecular formula is C20H21ClN2O4S. The monoisotopic (exact) mass is 420 g/mol. The quantitative estimate of drug-likeness (QED) is 0.614. The van der Waals surface area contributed by atoms with Crippen molar-refractivity contribution in [3.63, 3.8) is 0 Å². The molecule has 0 saturated heterocycles. The van der Waals surface area contributed by atoms with E-state index < -0.39 is 10.0 Å². The number of aliphatic hydroxyl groups excluding tert-OH is 1. The van der Waals surface area contributed by atoms with E-state index in [1.165, 1.54) is 28.6 Å². The van der Waals surface area contributed by atoms with E-state index in [4.69, 9.17) is 16.7 Å². The van der Waals surface area contributed by atoms with Crippen molar-refractivity contribution in [1.29, 1.82) is 0 Å². The standard InChI is InChI=1S/C20H21ClN2O4S/c1-14-3-4-15-12-16(20(25)22-19(15)11-14)13-23(9-2-10-24)28(26,27)18-7-5-17(21)6-8-18/h3-8,11-12,24H,2,9-10,13H2,1H3,(H,22,25). The number of pyridine rings is 1. The second kappa shape index (κ2) is 8.45. The normalized spacial score (nSPS) is 12.0. The van der Waals surface area contributed by atoms with Crippen LogP contribution in [0, 0.1) is 6.92 Å². The van der Waals surface area contributed by atoms with E-state index >= 15 is 0 Å². The maximum absolute atomic E-state index is 13.1. The third kappa shape index (κ3) is 4.44. The summed E-state index contributed by atoms with van der Waals surface area (Å²) in [6, 6.07) is 13.3. The zero-order chi connectivity index (χ0) is 20.3. The molecule has 0 fully saturated rings. The van der Waals surface area contributed by atoms with Crippen LogP contribution in [0.5, 0.6) is 0 Å². The van der Waals surface area contributed by atoms with E-state index in [-0.39, 0.29) is 36.6 Å². The summed E-state index contributed by atoms with van der Waals surface area (Å²) in [6.45, 7) is 1.78. The van der Waals surface area contributed by atoms with Gasteiger partial charge < -0.3 is 10.1 Å². The van der Waals surface area contributed by atoms with Crippen LogP contribution in [0.1, 0.15) is 17.5 Å². The Hall–Kier alpha value is -2.19. The maximum atomic E-state index is 13.1. The Labute approximate surface area is 168 Å². The van der Waals surface area contributed by atoms with Gasteiger partial charge in [0.25, 0.3) is 5.56 Å². The number of hydrogen-bond donors (Lipinski definition) is 2. The van der Waals surface area contributed by atoms with Crippen LogP contribution in [0.15, 0.2) is 58.2 Å².